The number of nitriles is 1. The summed E-state index contributed by atoms with van der Waals surface area (Å²) in [4.78, 5) is 26.5. The first kappa shape index (κ1) is 27.2. The Morgan fingerprint density at radius 3 is 2.58 bits per heavy atom. The number of hydrogen-bond donors (Lipinski definition) is 2. The number of ether oxygens (including phenoxy) is 1. The Hall–Kier alpha value is -3.82. The van der Waals surface area contributed by atoms with Crippen LogP contribution in [0.4, 0.5) is 5.82 Å². The van der Waals surface area contributed by atoms with Crippen molar-refractivity contribution in [3.8, 4) is 24.2 Å². The number of primary amides is 1. The average molecular weight is 517 g/mol. The van der Waals surface area contributed by atoms with Gasteiger partial charge >= 0.3 is 0 Å². The Morgan fingerprint density at radius 2 is 1.95 bits per heavy atom. The Morgan fingerprint density at radius 1 is 1.24 bits per heavy atom. The van der Waals surface area contributed by atoms with Gasteiger partial charge in [-0.15, -0.1) is 6.42 Å². The minimum atomic E-state index is -0.605. The molecule has 1 aromatic heterocycles. The molecule has 0 radical (unpaired) electrons. The minimum absolute atomic E-state index is 0.0103. The SMILES string of the molecule is C#Cc1ccc(OC2(C)CN(C(CCCCC#N)CCCn3cc(C(N)=O)c(NC(=O)C4CC4)n3)C2)cc1. The summed E-state index contributed by atoms with van der Waals surface area (Å²) >= 11 is 0. The molecule has 2 aromatic rings. The zero-order chi connectivity index (χ0) is 27.1. The van der Waals surface area contributed by atoms with Crippen molar-refractivity contribution in [3.05, 3.63) is 41.6 Å². The molecule has 2 amide bonds. The number of terminal acetylenes is 1. The lowest BCUT2D eigenvalue weighted by molar-refractivity contribution is -0.117. The number of anilines is 1. The number of nitrogens with zero attached hydrogens (tertiary/aromatic N) is 4. The summed E-state index contributed by atoms with van der Waals surface area (Å²) in [5, 5.41) is 16.1. The van der Waals surface area contributed by atoms with Crippen LogP contribution < -0.4 is 15.8 Å². The van der Waals surface area contributed by atoms with Crippen LogP contribution in [-0.2, 0) is 11.3 Å². The van der Waals surface area contributed by atoms with E-state index in [-0.39, 0.29) is 28.8 Å². The molecule has 1 aliphatic heterocycles. The van der Waals surface area contributed by atoms with Crippen LogP contribution in [0.25, 0.3) is 0 Å². The van der Waals surface area contributed by atoms with E-state index in [1.807, 2.05) is 24.3 Å². The van der Waals surface area contributed by atoms with Crippen LogP contribution in [0.15, 0.2) is 30.5 Å². The lowest BCUT2D eigenvalue weighted by Gasteiger charge is -2.51. The first-order valence-corrected chi connectivity index (χ1v) is 13.3. The molecule has 1 saturated carbocycles. The monoisotopic (exact) mass is 516 g/mol. The van der Waals surface area contributed by atoms with E-state index >= 15 is 0 Å². The predicted molar refractivity (Wildman–Crippen MR) is 144 cm³/mol. The van der Waals surface area contributed by atoms with Gasteiger partial charge in [-0.05, 0) is 69.7 Å². The molecular formula is C29H36N6O3. The van der Waals surface area contributed by atoms with Gasteiger partial charge in [0, 0.05) is 49.8 Å². The predicted octanol–water partition coefficient (Wildman–Crippen LogP) is 3.70. The number of carbonyl (C=O) groups excluding carboxylic acids is 2. The number of likely N-dealkylation sites (tertiary alicyclic amines) is 1. The summed E-state index contributed by atoms with van der Waals surface area (Å²) in [6, 6.07) is 10.2. The van der Waals surface area contributed by atoms with Crippen molar-refractivity contribution in [2.75, 3.05) is 18.4 Å². The van der Waals surface area contributed by atoms with E-state index in [1.54, 1.807) is 10.9 Å². The Bertz CT molecular complexity index is 1210. The second-order valence-corrected chi connectivity index (χ2v) is 10.6. The summed E-state index contributed by atoms with van der Waals surface area (Å²) in [5.41, 5.74) is 6.31. The van der Waals surface area contributed by atoms with E-state index in [4.69, 9.17) is 22.2 Å². The third-order valence-corrected chi connectivity index (χ3v) is 7.19. The highest BCUT2D eigenvalue weighted by atomic mass is 16.5. The molecule has 38 heavy (non-hydrogen) atoms. The molecule has 9 heteroatoms. The topological polar surface area (TPSA) is 126 Å². The summed E-state index contributed by atoms with van der Waals surface area (Å²) in [6.07, 6.45) is 14.0. The van der Waals surface area contributed by atoms with Gasteiger partial charge in [-0.3, -0.25) is 19.2 Å². The number of aromatic nitrogens is 2. The fraction of sp³-hybridized carbons (Fsp3) is 0.517. The highest BCUT2D eigenvalue weighted by Gasteiger charge is 2.43. The standard InChI is InChI=1S/C29H36N6O3/c1-3-21-10-14-24(15-11-21)38-29(2)19-34(20-29)23(8-5-4-6-16-30)9-7-17-35-18-25(26(31)36)27(33-35)32-28(37)22-12-13-22/h1,10-11,14-15,18,22-23H,4-9,12-13,17,19-20H2,2H3,(H2,31,36)(H,32,33,37). The van der Waals surface area contributed by atoms with Gasteiger partial charge in [0.25, 0.3) is 5.91 Å². The molecule has 9 nitrogen and oxygen atoms in total. The lowest BCUT2D eigenvalue weighted by atomic mass is 9.90. The molecule has 0 spiro atoms. The highest BCUT2D eigenvalue weighted by Crippen LogP contribution is 2.32. The Kier molecular flexibility index (Phi) is 8.70. The number of nitrogens with two attached hydrogens (primary N) is 1. The fourth-order valence-corrected chi connectivity index (χ4v) is 4.99. The number of carbonyl (C=O) groups is 2. The van der Waals surface area contributed by atoms with Crippen LogP contribution >= 0.6 is 0 Å². The smallest absolute Gasteiger partial charge is 0.254 e. The molecule has 2 fully saturated rings. The van der Waals surface area contributed by atoms with Crippen molar-refractivity contribution >= 4 is 17.6 Å². The maximum absolute atomic E-state index is 12.2. The largest absolute Gasteiger partial charge is 0.485 e. The zero-order valence-electron chi connectivity index (χ0n) is 22.0. The molecule has 3 N–H and O–H groups in total. The van der Waals surface area contributed by atoms with Gasteiger partial charge in [-0.25, -0.2) is 0 Å². The van der Waals surface area contributed by atoms with Crippen molar-refractivity contribution < 1.29 is 14.3 Å². The van der Waals surface area contributed by atoms with Gasteiger partial charge < -0.3 is 15.8 Å². The summed E-state index contributed by atoms with van der Waals surface area (Å²) in [7, 11) is 0. The highest BCUT2D eigenvalue weighted by molar-refractivity contribution is 6.02. The third kappa shape index (κ3) is 7.14. The second kappa shape index (κ2) is 12.1. The van der Waals surface area contributed by atoms with Crippen LogP contribution in [0.3, 0.4) is 0 Å². The van der Waals surface area contributed by atoms with Gasteiger partial charge in [0.15, 0.2) is 5.82 Å². The summed E-state index contributed by atoms with van der Waals surface area (Å²) < 4.78 is 7.97. The quantitative estimate of drug-likeness (QED) is 0.291. The van der Waals surface area contributed by atoms with Crippen LogP contribution in [0, 0.1) is 29.6 Å². The molecule has 2 heterocycles. The van der Waals surface area contributed by atoms with Crippen molar-refractivity contribution in [2.24, 2.45) is 11.7 Å². The van der Waals surface area contributed by atoms with Gasteiger partial charge in [0.1, 0.15) is 16.9 Å². The molecule has 1 atom stereocenters. The van der Waals surface area contributed by atoms with Gasteiger partial charge in [0.2, 0.25) is 5.91 Å². The average Bonchev–Trinajstić information content (AvgIpc) is 3.66. The number of unbranched alkanes of at least 4 members (excludes halogenated alkanes) is 2. The molecule has 1 aliphatic carbocycles. The van der Waals surface area contributed by atoms with E-state index in [0.717, 1.165) is 69.3 Å². The van der Waals surface area contributed by atoms with Crippen LogP contribution in [0.1, 0.15) is 74.2 Å². The van der Waals surface area contributed by atoms with Crippen molar-refractivity contribution in [3.63, 3.8) is 0 Å². The molecular weight excluding hydrogens is 480 g/mol. The number of aryl methyl sites for hydroxylation is 1. The number of amides is 2. The molecule has 2 aliphatic rings. The van der Waals surface area contributed by atoms with Crippen molar-refractivity contribution in [1.29, 1.82) is 5.26 Å². The van der Waals surface area contributed by atoms with Crippen LogP contribution in [-0.4, -0.2) is 51.2 Å². The van der Waals surface area contributed by atoms with Gasteiger partial charge in [-0.2, -0.15) is 10.4 Å². The molecule has 4 rings (SSSR count). The molecule has 1 aromatic carbocycles. The fourth-order valence-electron chi connectivity index (χ4n) is 4.99. The van der Waals surface area contributed by atoms with Crippen LogP contribution in [0.5, 0.6) is 5.75 Å². The van der Waals surface area contributed by atoms with E-state index in [1.165, 1.54) is 0 Å². The number of rotatable bonds is 14. The van der Waals surface area contributed by atoms with Crippen molar-refractivity contribution in [1.82, 2.24) is 14.7 Å². The molecule has 200 valence electrons. The Balaban J connectivity index is 1.32. The second-order valence-electron chi connectivity index (χ2n) is 10.6. The van der Waals surface area contributed by atoms with E-state index in [0.29, 0.717) is 19.0 Å². The maximum atomic E-state index is 12.2. The molecule has 0 bridgehead atoms. The van der Waals surface area contributed by atoms with Gasteiger partial charge in [-0.1, -0.05) is 12.3 Å². The zero-order valence-corrected chi connectivity index (χ0v) is 22.0. The number of benzene rings is 1. The first-order valence-electron chi connectivity index (χ1n) is 13.3. The van der Waals surface area contributed by atoms with E-state index in [9.17, 15) is 9.59 Å². The summed E-state index contributed by atoms with van der Waals surface area (Å²) in [5.74, 6) is 2.97. The van der Waals surface area contributed by atoms with Crippen molar-refractivity contribution in [2.45, 2.75) is 76.5 Å². The molecule has 1 unspecified atom stereocenters. The van der Waals surface area contributed by atoms with Gasteiger partial charge in [0.05, 0.1) is 6.07 Å². The van der Waals surface area contributed by atoms with E-state index < -0.39 is 5.91 Å². The normalized spacial score (nSPS) is 17.0. The van der Waals surface area contributed by atoms with Crippen LogP contribution in [0.2, 0.25) is 0 Å². The lowest BCUT2D eigenvalue weighted by Crippen LogP contribution is -2.65. The number of nitrogens with one attached hydrogen (secondary N) is 1. The summed E-state index contributed by atoms with van der Waals surface area (Å²) in [6.45, 7) is 4.37. The Labute approximate surface area is 224 Å². The third-order valence-electron chi connectivity index (χ3n) is 7.19. The first-order chi connectivity index (χ1) is 18.3. The minimum Gasteiger partial charge on any atom is -0.485 e. The van der Waals surface area contributed by atoms with E-state index in [2.05, 4.69) is 34.2 Å². The maximum Gasteiger partial charge on any atom is 0.254 e. The number of hydrogen-bond acceptors (Lipinski definition) is 6. The molecule has 1 saturated heterocycles.